The van der Waals surface area contributed by atoms with Crippen molar-refractivity contribution in [1.29, 1.82) is 0 Å². The van der Waals surface area contributed by atoms with E-state index in [2.05, 4.69) is 442 Å². The molecule has 0 saturated carbocycles. The number of nitrogens with zero attached hydrogens (tertiary/aromatic N) is 3. The maximum absolute atomic E-state index is 2.87. The topological polar surface area (TPSA) is 14.8 Å². The lowest BCUT2D eigenvalue weighted by molar-refractivity contribution is 0.589. The van der Waals surface area contributed by atoms with E-state index < -0.39 is 0 Å². The van der Waals surface area contributed by atoms with Gasteiger partial charge in [-0.1, -0.05) is 367 Å². The summed E-state index contributed by atoms with van der Waals surface area (Å²) in [6.45, 7) is 42.6. The van der Waals surface area contributed by atoms with Crippen LogP contribution in [0.1, 0.15) is 158 Å². The van der Waals surface area contributed by atoms with Gasteiger partial charge in [0, 0.05) is 65.9 Å². The lowest BCUT2D eigenvalue weighted by Crippen LogP contribution is -2.60. The number of benzene rings is 15. The van der Waals surface area contributed by atoms with Gasteiger partial charge in [-0.3, -0.25) is 0 Å². The zero-order valence-corrected chi connectivity index (χ0v) is 71.8. The number of rotatable bonds is 5. The minimum atomic E-state index is -0.359. The minimum absolute atomic E-state index is 0.165. The number of aromatic nitrogens is 3. The molecular formula is C114H104BN3. The third kappa shape index (κ3) is 11.9. The molecule has 4 heteroatoms. The zero-order chi connectivity index (χ0) is 81.8. The molecule has 0 bridgehead atoms. The second-order valence-corrected chi connectivity index (χ2v) is 40.1. The predicted molar refractivity (Wildman–Crippen MR) is 513 cm³/mol. The molecule has 15 aromatic carbocycles. The molecule has 0 saturated heterocycles. The van der Waals surface area contributed by atoms with Crippen molar-refractivity contribution >= 4 is 132 Å². The maximum atomic E-state index is 2.87. The largest absolute Gasteiger partial charge is 0.309 e. The Morgan fingerprint density at radius 3 is 0.907 bits per heavy atom. The van der Waals surface area contributed by atoms with Crippen LogP contribution in [0.5, 0.6) is 0 Å². The molecule has 0 unspecified atom stereocenters. The molecule has 0 radical (unpaired) electrons. The van der Waals surface area contributed by atoms with Gasteiger partial charge in [0.2, 0.25) is 0 Å². The fraction of sp³-hybridized carbons (Fsp3) is 0.211. The monoisotopic (exact) mass is 1530 g/mol. The molecule has 3 nitrogen and oxygen atoms in total. The maximum Gasteiger partial charge on any atom is 0.252 e. The summed E-state index contributed by atoms with van der Waals surface area (Å²) in [7, 11) is 0. The van der Waals surface area contributed by atoms with Crippen molar-refractivity contribution in [3.8, 4) is 61.6 Å². The molecular weight excluding hydrogens is 1420 g/mol. The molecule has 18 aromatic rings. The quantitative estimate of drug-likeness (QED) is 0.153. The van der Waals surface area contributed by atoms with Gasteiger partial charge < -0.3 is 13.7 Å². The van der Waals surface area contributed by atoms with E-state index in [4.69, 9.17) is 0 Å². The molecule has 0 N–H and O–H groups in total. The van der Waals surface area contributed by atoms with E-state index in [1.807, 2.05) is 0 Å². The van der Waals surface area contributed by atoms with Gasteiger partial charge in [-0.05, 0) is 219 Å². The normalized spacial score (nSPS) is 13.2. The van der Waals surface area contributed by atoms with Crippen LogP contribution < -0.4 is 16.4 Å². The van der Waals surface area contributed by atoms with Crippen molar-refractivity contribution in [2.24, 2.45) is 0 Å². The lowest BCUT2D eigenvalue weighted by atomic mass is 9.34. The summed E-state index contributed by atoms with van der Waals surface area (Å²) in [6, 6.07) is 120. The highest BCUT2D eigenvalue weighted by Gasteiger charge is 2.43. The molecule has 0 atom stereocenters. The van der Waals surface area contributed by atoms with E-state index >= 15 is 0 Å². The van der Waals surface area contributed by atoms with Crippen molar-refractivity contribution < 1.29 is 0 Å². The second kappa shape index (κ2) is 26.6. The molecule has 118 heavy (non-hydrogen) atoms. The molecule has 578 valence electrons. The van der Waals surface area contributed by atoms with E-state index in [1.54, 1.807) is 0 Å². The van der Waals surface area contributed by atoms with E-state index in [1.165, 1.54) is 170 Å². The van der Waals surface area contributed by atoms with Gasteiger partial charge in [0.15, 0.2) is 0 Å². The highest BCUT2D eigenvalue weighted by molar-refractivity contribution is 7.00. The standard InChI is InChI=1S/C114H104BN3/c1-109(2,3)73-41-33-39-71(59-73)90-63-77(113(13,14)15)65-94-92-61-75(111(7,8)9)51-53-84(92)82-43-25-27-47-88(82)102-80(69-35-21-19-22-36-69)55-57-96-107(102)117(105(90)94)100-67-79(116-98-49-31-29-45-86(98)87-46-30-32-50-99(87)116)68-101-104(100)115(96)97-58-56-81(70-37-23-20-24-38-70)103-89-48-28-26-44-83(89)85-54-52-76(112(10,11)12)62-93(85)95-66-78(114(16,17)18)64-91(106(95)118(101)108(97)103)72-40-34-42-74(60-72)110(4,5)6/h19-68H,1-18H3. The third-order valence-electron chi connectivity index (χ3n) is 26.2. The highest BCUT2D eigenvalue weighted by atomic mass is 15.1. The molecule has 2 aliphatic rings. The molecule has 20 rings (SSSR count). The van der Waals surface area contributed by atoms with Gasteiger partial charge in [0.25, 0.3) is 6.71 Å². The number of hydrogen-bond acceptors (Lipinski definition) is 0. The first-order valence-corrected chi connectivity index (χ1v) is 42.7. The predicted octanol–water partition coefficient (Wildman–Crippen LogP) is 29.4. The van der Waals surface area contributed by atoms with Crippen LogP contribution in [0.3, 0.4) is 0 Å². The van der Waals surface area contributed by atoms with Crippen LogP contribution in [0, 0.1) is 0 Å². The van der Waals surface area contributed by atoms with Crippen LogP contribution in [0.25, 0.3) is 170 Å². The van der Waals surface area contributed by atoms with Crippen LogP contribution in [0.4, 0.5) is 0 Å². The Morgan fingerprint density at radius 1 is 0.203 bits per heavy atom. The summed E-state index contributed by atoms with van der Waals surface area (Å²) < 4.78 is 8.36. The molecule has 0 spiro atoms. The summed E-state index contributed by atoms with van der Waals surface area (Å²) in [6.07, 6.45) is 0. The van der Waals surface area contributed by atoms with E-state index in [0.29, 0.717) is 0 Å². The Hall–Kier alpha value is -12.2. The lowest BCUT2D eigenvalue weighted by Gasteiger charge is -2.38. The molecule has 5 heterocycles. The van der Waals surface area contributed by atoms with Gasteiger partial charge in [-0.2, -0.15) is 0 Å². The van der Waals surface area contributed by atoms with Gasteiger partial charge in [-0.25, -0.2) is 0 Å². The first-order chi connectivity index (χ1) is 56.4. The molecule has 0 amide bonds. The van der Waals surface area contributed by atoms with Crippen molar-refractivity contribution in [1.82, 2.24) is 13.7 Å². The van der Waals surface area contributed by atoms with Crippen molar-refractivity contribution in [2.45, 2.75) is 157 Å². The Labute approximate surface area is 696 Å². The van der Waals surface area contributed by atoms with E-state index in [9.17, 15) is 0 Å². The van der Waals surface area contributed by atoms with Crippen LogP contribution in [-0.4, -0.2) is 20.4 Å². The Bertz CT molecular complexity index is 7020. The summed E-state index contributed by atoms with van der Waals surface area (Å²) in [5, 5.41) is 16.8. The van der Waals surface area contributed by atoms with E-state index in [-0.39, 0.29) is 39.2 Å². The van der Waals surface area contributed by atoms with Crippen LogP contribution in [0.15, 0.2) is 303 Å². The number of para-hydroxylation sites is 2. The van der Waals surface area contributed by atoms with E-state index in [0.717, 1.165) is 50.3 Å². The first-order valence-electron chi connectivity index (χ1n) is 42.7. The summed E-state index contributed by atoms with van der Waals surface area (Å²) in [4.78, 5) is 0. The number of fused-ring (bicyclic) bond motifs is 21. The van der Waals surface area contributed by atoms with Crippen LogP contribution >= 0.6 is 0 Å². The van der Waals surface area contributed by atoms with Crippen molar-refractivity contribution in [3.63, 3.8) is 0 Å². The summed E-state index contributed by atoms with van der Waals surface area (Å²) in [5.74, 6) is 0. The SMILES string of the molecule is CC(C)(C)c1cccc(-c2cc(C(C)(C)C)cc3c4cc(C(C)(C)C)ccc4c4ccccc4c4c(-c5ccccc5)ccc5c4n(c23)-c2cc(-n3c4ccccc4c4ccccc43)cc3c2B5c2ccc(-c4ccccc4)c4c5ccccc5c5ccc(C(C)(C)C)cc5c5cc(C(C)(C)C)cc(-c6cccc(C(C)(C)C)c6)c5n-3c24)c1. The molecule has 3 aromatic heterocycles. The fourth-order valence-electron chi connectivity index (χ4n) is 19.8. The first kappa shape index (κ1) is 74.6. The van der Waals surface area contributed by atoms with Gasteiger partial charge in [0.05, 0.1) is 27.8 Å². The minimum Gasteiger partial charge on any atom is -0.309 e. The summed E-state index contributed by atoms with van der Waals surface area (Å²) in [5.41, 5.74) is 29.8. The van der Waals surface area contributed by atoms with Crippen LogP contribution in [-0.2, 0) is 32.5 Å². The fourth-order valence-corrected chi connectivity index (χ4v) is 19.8. The zero-order valence-electron chi connectivity index (χ0n) is 71.8. The van der Waals surface area contributed by atoms with Gasteiger partial charge in [-0.15, -0.1) is 0 Å². The Balaban J connectivity index is 1.17. The highest BCUT2D eigenvalue weighted by Crippen LogP contribution is 2.51. The molecule has 0 fully saturated rings. The molecule has 2 aliphatic heterocycles. The van der Waals surface area contributed by atoms with Crippen molar-refractivity contribution in [3.05, 3.63) is 337 Å². The van der Waals surface area contributed by atoms with Gasteiger partial charge in [0.1, 0.15) is 0 Å². The second-order valence-electron chi connectivity index (χ2n) is 40.1. The van der Waals surface area contributed by atoms with Crippen molar-refractivity contribution in [2.75, 3.05) is 0 Å². The average Bonchev–Trinajstić information content (AvgIpc) is 1.37. The third-order valence-corrected chi connectivity index (χ3v) is 26.2. The smallest absolute Gasteiger partial charge is 0.252 e. The van der Waals surface area contributed by atoms with Gasteiger partial charge >= 0.3 is 0 Å². The Kier molecular flexibility index (Phi) is 16.8. The van der Waals surface area contributed by atoms with Crippen LogP contribution in [0.2, 0.25) is 0 Å². The number of hydrogen-bond donors (Lipinski definition) is 0. The average molecular weight is 1530 g/mol. The summed E-state index contributed by atoms with van der Waals surface area (Å²) >= 11 is 0. The Morgan fingerprint density at radius 2 is 0.525 bits per heavy atom. The molecule has 0 aliphatic carbocycles.